The predicted octanol–water partition coefficient (Wildman–Crippen LogP) is 2.96. The Balaban J connectivity index is 2.14. The molecule has 0 radical (unpaired) electrons. The van der Waals surface area contributed by atoms with Crippen molar-refractivity contribution in [3.63, 3.8) is 0 Å². The molecule has 3 heteroatoms. The van der Waals surface area contributed by atoms with E-state index in [2.05, 4.69) is 56.8 Å². The van der Waals surface area contributed by atoms with Gasteiger partial charge in [-0.3, -0.25) is 4.90 Å². The maximum Gasteiger partial charge on any atom is 0.0304 e. The fourth-order valence-electron chi connectivity index (χ4n) is 4.27. The molecule has 0 amide bonds. The highest BCUT2D eigenvalue weighted by atomic mass is 15.3. The first-order chi connectivity index (χ1) is 9.92. The van der Waals surface area contributed by atoms with Gasteiger partial charge in [-0.1, -0.05) is 27.7 Å². The molecule has 0 aromatic rings. The van der Waals surface area contributed by atoms with Gasteiger partial charge in [-0.25, -0.2) is 0 Å². The van der Waals surface area contributed by atoms with Crippen molar-refractivity contribution in [1.82, 2.24) is 15.1 Å². The summed E-state index contributed by atoms with van der Waals surface area (Å²) < 4.78 is 0. The van der Waals surface area contributed by atoms with Crippen LogP contribution in [0.4, 0.5) is 0 Å². The highest BCUT2D eigenvalue weighted by molar-refractivity contribution is 5.00. The van der Waals surface area contributed by atoms with Gasteiger partial charge in [-0.05, 0) is 52.1 Å². The zero-order valence-corrected chi connectivity index (χ0v) is 15.2. The molecule has 3 nitrogen and oxygen atoms in total. The fourth-order valence-corrected chi connectivity index (χ4v) is 4.27. The number of piperazine rings is 1. The minimum absolute atomic E-state index is 0.345. The molecule has 0 aliphatic carbocycles. The van der Waals surface area contributed by atoms with Crippen LogP contribution >= 0.6 is 0 Å². The summed E-state index contributed by atoms with van der Waals surface area (Å²) >= 11 is 0. The van der Waals surface area contributed by atoms with Gasteiger partial charge in [0.05, 0.1) is 0 Å². The summed E-state index contributed by atoms with van der Waals surface area (Å²) in [6.45, 7) is 15.5. The summed E-state index contributed by atoms with van der Waals surface area (Å²) in [7, 11) is 2.28. The highest BCUT2D eigenvalue weighted by Crippen LogP contribution is 2.31. The highest BCUT2D eigenvalue weighted by Gasteiger charge is 2.41. The first-order valence-corrected chi connectivity index (χ1v) is 9.13. The summed E-state index contributed by atoms with van der Waals surface area (Å²) in [4.78, 5) is 5.41. The monoisotopic (exact) mass is 295 g/mol. The summed E-state index contributed by atoms with van der Waals surface area (Å²) in [5, 5.41) is 3.90. The lowest BCUT2D eigenvalue weighted by Crippen LogP contribution is -2.68. The molecule has 3 unspecified atom stereocenters. The Morgan fingerprint density at radius 3 is 2.43 bits per heavy atom. The van der Waals surface area contributed by atoms with Crippen LogP contribution in [0.15, 0.2) is 0 Å². The van der Waals surface area contributed by atoms with Crippen LogP contribution in [0.3, 0.4) is 0 Å². The van der Waals surface area contributed by atoms with Crippen LogP contribution in [0, 0.1) is 5.92 Å². The van der Waals surface area contributed by atoms with Gasteiger partial charge in [0.25, 0.3) is 0 Å². The van der Waals surface area contributed by atoms with Crippen molar-refractivity contribution in [3.8, 4) is 0 Å². The first kappa shape index (κ1) is 17.2. The van der Waals surface area contributed by atoms with Crippen LogP contribution in [0.25, 0.3) is 0 Å². The maximum absolute atomic E-state index is 3.90. The van der Waals surface area contributed by atoms with E-state index in [9.17, 15) is 0 Å². The van der Waals surface area contributed by atoms with Crippen LogP contribution in [0.2, 0.25) is 0 Å². The van der Waals surface area contributed by atoms with Gasteiger partial charge in [0.15, 0.2) is 0 Å². The van der Waals surface area contributed by atoms with Crippen molar-refractivity contribution in [2.24, 2.45) is 5.92 Å². The standard InChI is InChI=1S/C18H37N3/c1-7-18(8-2)13-21(17(12-19-18)14(3)4)16-9-10-20(6)15(5)11-16/h14-17,19H,7-13H2,1-6H3. The van der Waals surface area contributed by atoms with E-state index in [1.807, 2.05) is 0 Å². The molecule has 2 aliphatic rings. The van der Waals surface area contributed by atoms with E-state index < -0.39 is 0 Å². The van der Waals surface area contributed by atoms with Crippen LogP contribution in [0.5, 0.6) is 0 Å². The van der Waals surface area contributed by atoms with Crippen LogP contribution < -0.4 is 5.32 Å². The Labute approximate surface area is 132 Å². The van der Waals surface area contributed by atoms with Crippen LogP contribution in [0.1, 0.15) is 60.3 Å². The minimum Gasteiger partial charge on any atom is -0.308 e. The van der Waals surface area contributed by atoms with E-state index in [-0.39, 0.29) is 0 Å². The van der Waals surface area contributed by atoms with E-state index in [1.165, 1.54) is 45.3 Å². The second kappa shape index (κ2) is 6.97. The lowest BCUT2D eigenvalue weighted by molar-refractivity contribution is -0.0124. The number of nitrogens with zero attached hydrogens (tertiary/aromatic N) is 2. The maximum atomic E-state index is 3.90. The Morgan fingerprint density at radius 1 is 1.24 bits per heavy atom. The predicted molar refractivity (Wildman–Crippen MR) is 91.8 cm³/mol. The Kier molecular flexibility index (Phi) is 5.72. The molecule has 2 fully saturated rings. The molecule has 21 heavy (non-hydrogen) atoms. The zero-order valence-electron chi connectivity index (χ0n) is 15.2. The molecule has 0 aromatic heterocycles. The van der Waals surface area contributed by atoms with Crippen molar-refractivity contribution < 1.29 is 0 Å². The Hall–Kier alpha value is -0.120. The number of likely N-dealkylation sites (tertiary alicyclic amines) is 1. The molecule has 2 saturated heterocycles. The lowest BCUT2D eigenvalue weighted by atomic mass is 9.83. The number of nitrogens with one attached hydrogen (secondary N) is 1. The normalized spacial score (nSPS) is 35.3. The van der Waals surface area contributed by atoms with E-state index in [1.54, 1.807) is 0 Å². The second-order valence-electron chi connectivity index (χ2n) is 7.86. The topological polar surface area (TPSA) is 18.5 Å². The third-order valence-corrected chi connectivity index (χ3v) is 6.37. The molecule has 0 bridgehead atoms. The summed E-state index contributed by atoms with van der Waals surface area (Å²) in [5.41, 5.74) is 0.345. The van der Waals surface area contributed by atoms with Gasteiger partial charge < -0.3 is 10.2 Å². The summed E-state index contributed by atoms with van der Waals surface area (Å²) in [5.74, 6) is 0.735. The van der Waals surface area contributed by atoms with E-state index in [4.69, 9.17) is 0 Å². The average molecular weight is 296 g/mol. The largest absolute Gasteiger partial charge is 0.308 e. The second-order valence-corrected chi connectivity index (χ2v) is 7.86. The van der Waals surface area contributed by atoms with Gasteiger partial charge in [0.1, 0.15) is 0 Å². The molecule has 0 saturated carbocycles. The van der Waals surface area contributed by atoms with Gasteiger partial charge in [-0.15, -0.1) is 0 Å². The molecule has 0 spiro atoms. The van der Waals surface area contributed by atoms with Crippen molar-refractivity contribution in [2.45, 2.75) is 84.0 Å². The van der Waals surface area contributed by atoms with Gasteiger partial charge in [0, 0.05) is 36.8 Å². The van der Waals surface area contributed by atoms with Crippen LogP contribution in [-0.4, -0.2) is 60.1 Å². The number of piperidine rings is 1. The Bertz CT molecular complexity index is 324. The molecular formula is C18H37N3. The molecule has 2 heterocycles. The minimum atomic E-state index is 0.345. The third kappa shape index (κ3) is 3.62. The first-order valence-electron chi connectivity index (χ1n) is 9.13. The average Bonchev–Trinajstić information content (AvgIpc) is 2.49. The van der Waals surface area contributed by atoms with Crippen molar-refractivity contribution in [2.75, 3.05) is 26.7 Å². The smallest absolute Gasteiger partial charge is 0.0304 e. The van der Waals surface area contributed by atoms with Crippen molar-refractivity contribution in [1.29, 1.82) is 0 Å². The Morgan fingerprint density at radius 2 is 1.90 bits per heavy atom. The molecule has 2 rings (SSSR count). The molecule has 2 aliphatic heterocycles. The third-order valence-electron chi connectivity index (χ3n) is 6.37. The summed E-state index contributed by atoms with van der Waals surface area (Å²) in [6, 6.07) is 2.21. The van der Waals surface area contributed by atoms with Crippen molar-refractivity contribution >= 4 is 0 Å². The van der Waals surface area contributed by atoms with Gasteiger partial charge >= 0.3 is 0 Å². The molecule has 0 aromatic carbocycles. The van der Waals surface area contributed by atoms with E-state index in [0.717, 1.165) is 18.0 Å². The summed E-state index contributed by atoms with van der Waals surface area (Å²) in [6.07, 6.45) is 5.16. The van der Waals surface area contributed by atoms with Crippen molar-refractivity contribution in [3.05, 3.63) is 0 Å². The fraction of sp³-hybridized carbons (Fsp3) is 1.00. The molecule has 3 atom stereocenters. The quantitative estimate of drug-likeness (QED) is 0.860. The van der Waals surface area contributed by atoms with Gasteiger partial charge in [0.2, 0.25) is 0 Å². The molecular weight excluding hydrogens is 258 g/mol. The van der Waals surface area contributed by atoms with E-state index in [0.29, 0.717) is 11.6 Å². The molecule has 124 valence electrons. The van der Waals surface area contributed by atoms with E-state index >= 15 is 0 Å². The van der Waals surface area contributed by atoms with Gasteiger partial charge in [-0.2, -0.15) is 0 Å². The number of hydrogen-bond donors (Lipinski definition) is 1. The lowest BCUT2D eigenvalue weighted by Gasteiger charge is -2.53. The SMILES string of the molecule is CCC1(CC)CN(C2CCN(C)C(C)C2)C(C(C)C)CN1. The number of hydrogen-bond acceptors (Lipinski definition) is 3. The molecule has 1 N–H and O–H groups in total. The van der Waals surface area contributed by atoms with Crippen LogP contribution in [-0.2, 0) is 0 Å². The number of rotatable bonds is 4. The zero-order chi connectivity index (χ0) is 15.6.